The number of aryl methyl sites for hydroxylation is 1. The van der Waals surface area contributed by atoms with Gasteiger partial charge in [-0.05, 0) is 69.4 Å². The number of benzene rings is 2. The lowest BCUT2D eigenvalue weighted by Crippen LogP contribution is -2.53. The Morgan fingerprint density at radius 3 is 2.31 bits per heavy atom. The van der Waals surface area contributed by atoms with Crippen LogP contribution >= 0.6 is 0 Å². The molecule has 0 bridgehead atoms. The number of carbonyl (C=O) groups is 1. The molecule has 1 amide bonds. The lowest BCUT2D eigenvalue weighted by Gasteiger charge is -2.49. The zero-order chi connectivity index (χ0) is 26.1. The normalized spacial score (nSPS) is 17.6. The molecular weight excluding hydrogens is 465 g/mol. The molecule has 0 saturated carbocycles. The predicted molar refractivity (Wildman–Crippen MR) is 134 cm³/mol. The number of hydrogen-bond donors (Lipinski definition) is 0. The molecule has 7 heteroatoms. The lowest BCUT2D eigenvalue weighted by atomic mass is 9.69. The molecule has 36 heavy (non-hydrogen) atoms. The quantitative estimate of drug-likeness (QED) is 0.452. The number of likely N-dealkylation sites (tertiary alicyclic amines) is 1. The van der Waals surface area contributed by atoms with Gasteiger partial charge in [-0.15, -0.1) is 0 Å². The Labute approximate surface area is 211 Å². The number of ether oxygens (including phenoxy) is 1. The molecule has 2 aromatic rings. The largest absolute Gasteiger partial charge is 0.474 e. The van der Waals surface area contributed by atoms with E-state index in [1.54, 1.807) is 6.07 Å². The van der Waals surface area contributed by atoms with Gasteiger partial charge in [-0.3, -0.25) is 4.79 Å². The molecule has 0 aliphatic carbocycles. The van der Waals surface area contributed by atoms with Gasteiger partial charge in [0.2, 0.25) is 5.91 Å². The molecule has 1 saturated heterocycles. The van der Waals surface area contributed by atoms with Crippen LogP contribution in [0.25, 0.3) is 0 Å². The highest BCUT2D eigenvalue weighted by molar-refractivity contribution is 5.76. The summed E-state index contributed by atoms with van der Waals surface area (Å²) in [4.78, 5) is 17.0. The maximum atomic E-state index is 13.3. The molecule has 2 aromatic carbocycles. The van der Waals surface area contributed by atoms with Crippen LogP contribution in [0.2, 0.25) is 0 Å². The van der Waals surface area contributed by atoms with Crippen LogP contribution in [0.5, 0.6) is 0 Å². The van der Waals surface area contributed by atoms with E-state index >= 15 is 0 Å². The molecule has 0 radical (unpaired) electrons. The highest BCUT2D eigenvalue weighted by Gasteiger charge is 2.43. The lowest BCUT2D eigenvalue weighted by molar-refractivity contribution is -0.139. The third-order valence-electron chi connectivity index (χ3n) is 7.22. The van der Waals surface area contributed by atoms with E-state index < -0.39 is 11.7 Å². The second-order valence-electron chi connectivity index (χ2n) is 10.9. The average molecular weight is 501 g/mol. The molecule has 4 nitrogen and oxygen atoms in total. The highest BCUT2D eigenvalue weighted by atomic mass is 19.4. The third kappa shape index (κ3) is 5.71. The van der Waals surface area contributed by atoms with Crippen molar-refractivity contribution < 1.29 is 22.7 Å². The van der Waals surface area contributed by atoms with Crippen LogP contribution < -0.4 is 0 Å². The van der Waals surface area contributed by atoms with Crippen molar-refractivity contribution in [3.8, 4) is 0 Å². The van der Waals surface area contributed by atoms with Crippen LogP contribution in [0.15, 0.2) is 61.0 Å². The second kappa shape index (κ2) is 9.83. The number of fused-ring (bicyclic) bond motifs is 2. The van der Waals surface area contributed by atoms with Gasteiger partial charge in [0.15, 0.2) is 5.88 Å². The van der Waals surface area contributed by atoms with Crippen LogP contribution in [0.3, 0.4) is 0 Å². The molecule has 1 spiro atoms. The van der Waals surface area contributed by atoms with E-state index in [1.165, 1.54) is 23.3 Å². The zero-order valence-electron chi connectivity index (χ0n) is 21.3. The minimum atomic E-state index is -4.42. The van der Waals surface area contributed by atoms with E-state index in [0.29, 0.717) is 19.0 Å². The maximum Gasteiger partial charge on any atom is 0.416 e. The molecular formula is C29H35F3N2O2. The van der Waals surface area contributed by atoms with Gasteiger partial charge in [0.05, 0.1) is 5.56 Å². The fourth-order valence-electron chi connectivity index (χ4n) is 5.51. The summed E-state index contributed by atoms with van der Waals surface area (Å²) in [6.45, 7) is 12.9. The molecule has 2 aliphatic heterocycles. The number of hydrogen-bond acceptors (Lipinski definition) is 3. The summed E-state index contributed by atoms with van der Waals surface area (Å²) >= 11 is 0. The van der Waals surface area contributed by atoms with E-state index in [2.05, 4.69) is 29.7 Å². The van der Waals surface area contributed by atoms with Gasteiger partial charge < -0.3 is 14.5 Å². The topological polar surface area (TPSA) is 32.8 Å². The molecule has 194 valence electrons. The first-order valence-electron chi connectivity index (χ1n) is 12.5. The van der Waals surface area contributed by atoms with Crippen LogP contribution in [-0.4, -0.2) is 40.9 Å². The Balaban J connectivity index is 1.44. The smallest absolute Gasteiger partial charge is 0.416 e. The molecule has 1 fully saturated rings. The Morgan fingerprint density at radius 1 is 1.00 bits per heavy atom. The summed E-state index contributed by atoms with van der Waals surface area (Å²) < 4.78 is 46.0. The Bertz CT molecular complexity index is 1110. The minimum absolute atomic E-state index is 0.0685. The van der Waals surface area contributed by atoms with Gasteiger partial charge >= 0.3 is 6.18 Å². The molecule has 4 rings (SSSR count). The number of alkyl halides is 3. The summed E-state index contributed by atoms with van der Waals surface area (Å²) in [6, 6.07) is 13.9. The standard InChI is InChI=1S/C29H35F3N2O2/c1-21(36-27(2,3)4)34-19-23-10-6-7-11-24(23)28(20-34)15-17-33(18-16-28)26(35)14-13-22-9-5-8-12-25(22)29(30,31)32/h5-12H,1,13-20H2,2-4H3. The van der Waals surface area contributed by atoms with Gasteiger partial charge in [-0.2, -0.15) is 13.2 Å². The minimum Gasteiger partial charge on any atom is -0.474 e. The first kappa shape index (κ1) is 26.1. The fraction of sp³-hybridized carbons (Fsp3) is 0.483. The van der Waals surface area contributed by atoms with E-state index in [0.717, 1.165) is 32.0 Å². The predicted octanol–water partition coefficient (Wildman–Crippen LogP) is 6.30. The van der Waals surface area contributed by atoms with E-state index in [-0.39, 0.29) is 35.3 Å². The summed E-state index contributed by atoms with van der Waals surface area (Å²) in [6.07, 6.45) is -2.70. The summed E-state index contributed by atoms with van der Waals surface area (Å²) in [5.74, 6) is 0.557. The first-order valence-corrected chi connectivity index (χ1v) is 12.5. The second-order valence-corrected chi connectivity index (χ2v) is 10.9. The number of amides is 1. The SMILES string of the molecule is C=C(OC(C)(C)C)N1Cc2ccccc2C2(CCN(C(=O)CCc3ccccc3C(F)(F)F)CC2)C1. The van der Waals surface area contributed by atoms with Gasteiger partial charge in [0.1, 0.15) is 5.60 Å². The number of nitrogens with zero attached hydrogens (tertiary/aromatic N) is 2. The van der Waals surface area contributed by atoms with Gasteiger partial charge in [-0.25, -0.2) is 0 Å². The van der Waals surface area contributed by atoms with Crippen LogP contribution in [0.4, 0.5) is 13.2 Å². The zero-order valence-corrected chi connectivity index (χ0v) is 21.3. The summed E-state index contributed by atoms with van der Waals surface area (Å²) in [5, 5.41) is 0. The Kier molecular flexibility index (Phi) is 7.13. The molecule has 0 aromatic heterocycles. The van der Waals surface area contributed by atoms with Crippen molar-refractivity contribution in [1.29, 1.82) is 0 Å². The first-order chi connectivity index (χ1) is 16.9. The molecule has 2 aliphatic rings. The monoisotopic (exact) mass is 500 g/mol. The summed E-state index contributed by atoms with van der Waals surface area (Å²) in [7, 11) is 0. The average Bonchev–Trinajstić information content (AvgIpc) is 2.81. The van der Waals surface area contributed by atoms with Crippen molar-refractivity contribution in [2.24, 2.45) is 0 Å². The number of carbonyl (C=O) groups excluding carboxylic acids is 1. The Hall–Kier alpha value is -2.96. The van der Waals surface area contributed by atoms with Gasteiger partial charge in [0, 0.05) is 38.0 Å². The van der Waals surface area contributed by atoms with Crippen LogP contribution in [-0.2, 0) is 34.1 Å². The Morgan fingerprint density at radius 2 is 1.64 bits per heavy atom. The van der Waals surface area contributed by atoms with Crippen LogP contribution in [0, 0.1) is 0 Å². The van der Waals surface area contributed by atoms with E-state index in [4.69, 9.17) is 4.74 Å². The maximum absolute atomic E-state index is 13.3. The van der Waals surface area contributed by atoms with Crippen molar-refractivity contribution >= 4 is 5.91 Å². The van der Waals surface area contributed by atoms with Crippen molar-refractivity contribution in [3.63, 3.8) is 0 Å². The van der Waals surface area contributed by atoms with Gasteiger partial charge in [-0.1, -0.05) is 42.5 Å². The molecule has 0 N–H and O–H groups in total. The van der Waals surface area contributed by atoms with Crippen LogP contribution in [0.1, 0.15) is 62.3 Å². The van der Waals surface area contributed by atoms with E-state index in [9.17, 15) is 18.0 Å². The van der Waals surface area contributed by atoms with E-state index in [1.807, 2.05) is 31.7 Å². The highest BCUT2D eigenvalue weighted by Crippen LogP contribution is 2.43. The van der Waals surface area contributed by atoms with Crippen molar-refractivity contribution in [2.45, 2.75) is 70.2 Å². The molecule has 0 atom stereocenters. The summed E-state index contributed by atoms with van der Waals surface area (Å²) in [5.41, 5.74) is 1.59. The van der Waals surface area contributed by atoms with Crippen molar-refractivity contribution in [2.75, 3.05) is 19.6 Å². The molecule has 0 unspecified atom stereocenters. The number of halogens is 3. The van der Waals surface area contributed by atoms with Crippen molar-refractivity contribution in [3.05, 3.63) is 83.2 Å². The fourth-order valence-corrected chi connectivity index (χ4v) is 5.51. The van der Waals surface area contributed by atoms with Crippen molar-refractivity contribution in [1.82, 2.24) is 9.80 Å². The van der Waals surface area contributed by atoms with Gasteiger partial charge in [0.25, 0.3) is 0 Å². The third-order valence-corrected chi connectivity index (χ3v) is 7.22. The number of rotatable bonds is 5. The molecule has 2 heterocycles. The number of piperidine rings is 1.